The molecule has 1 aliphatic heterocycles. The summed E-state index contributed by atoms with van der Waals surface area (Å²) in [4.78, 5) is 14.9. The maximum atomic E-state index is 13.1. The predicted molar refractivity (Wildman–Crippen MR) is 112 cm³/mol. The Morgan fingerprint density at radius 2 is 1.72 bits per heavy atom. The van der Waals surface area contributed by atoms with Crippen LogP contribution in [-0.4, -0.2) is 56.9 Å². The molecule has 0 unspecified atom stereocenters. The number of ether oxygens (including phenoxy) is 1. The highest BCUT2D eigenvalue weighted by atomic mass is 32.2. The average Bonchev–Trinajstić information content (AvgIpc) is 2.70. The van der Waals surface area contributed by atoms with Crippen LogP contribution >= 0.6 is 0 Å². The molecule has 0 saturated carbocycles. The fraction of sp³-hybridized carbons (Fsp3) is 0.409. The molecule has 1 amide bonds. The van der Waals surface area contributed by atoms with E-state index in [2.05, 4.69) is 6.07 Å². The molecule has 156 valence electrons. The summed E-state index contributed by atoms with van der Waals surface area (Å²) in [6, 6.07) is 10.9. The molecule has 0 bridgehead atoms. The van der Waals surface area contributed by atoms with Gasteiger partial charge in [0.2, 0.25) is 10.0 Å². The zero-order valence-electron chi connectivity index (χ0n) is 17.4. The number of morpholine rings is 1. The van der Waals surface area contributed by atoms with Gasteiger partial charge in [0.1, 0.15) is 0 Å². The number of rotatable bonds is 5. The van der Waals surface area contributed by atoms with E-state index in [1.54, 1.807) is 24.1 Å². The Morgan fingerprint density at radius 1 is 1.03 bits per heavy atom. The van der Waals surface area contributed by atoms with Crippen LogP contribution in [0.1, 0.15) is 32.6 Å². The number of carbonyl (C=O) groups is 1. The number of benzene rings is 2. The van der Waals surface area contributed by atoms with E-state index in [1.165, 1.54) is 15.9 Å². The topological polar surface area (TPSA) is 66.9 Å². The van der Waals surface area contributed by atoms with E-state index < -0.39 is 10.0 Å². The molecule has 0 N–H and O–H groups in total. The van der Waals surface area contributed by atoms with E-state index in [-0.39, 0.29) is 10.8 Å². The van der Waals surface area contributed by atoms with Crippen molar-refractivity contribution in [1.29, 1.82) is 0 Å². The molecule has 0 aliphatic carbocycles. The first-order valence-electron chi connectivity index (χ1n) is 9.70. The van der Waals surface area contributed by atoms with Gasteiger partial charge in [-0.25, -0.2) is 8.42 Å². The second-order valence-electron chi connectivity index (χ2n) is 7.58. The van der Waals surface area contributed by atoms with Crippen molar-refractivity contribution in [2.24, 2.45) is 0 Å². The van der Waals surface area contributed by atoms with Gasteiger partial charge in [-0.3, -0.25) is 4.79 Å². The lowest BCUT2D eigenvalue weighted by atomic mass is 10.0. The molecule has 0 aromatic heterocycles. The van der Waals surface area contributed by atoms with Crippen LogP contribution in [0.4, 0.5) is 0 Å². The normalized spacial score (nSPS) is 15.3. The third-order valence-electron chi connectivity index (χ3n) is 5.30. The van der Waals surface area contributed by atoms with Crippen molar-refractivity contribution in [2.45, 2.75) is 32.2 Å². The van der Waals surface area contributed by atoms with Crippen LogP contribution in [0, 0.1) is 20.8 Å². The predicted octanol–water partition coefficient (Wildman–Crippen LogP) is 2.90. The minimum absolute atomic E-state index is 0.147. The SMILES string of the molecule is Cc1ccc(CN(C)C(=O)c2cc(S(=O)(=O)N3CCOCC3)ccc2C)c(C)c1. The van der Waals surface area contributed by atoms with Crippen molar-refractivity contribution < 1.29 is 17.9 Å². The lowest BCUT2D eigenvalue weighted by Gasteiger charge is -2.26. The van der Waals surface area contributed by atoms with E-state index in [0.717, 1.165) is 16.7 Å². The molecule has 2 aromatic rings. The van der Waals surface area contributed by atoms with E-state index in [4.69, 9.17) is 4.74 Å². The Morgan fingerprint density at radius 3 is 2.38 bits per heavy atom. The van der Waals surface area contributed by atoms with Crippen LogP contribution in [0.5, 0.6) is 0 Å². The van der Waals surface area contributed by atoms with E-state index in [9.17, 15) is 13.2 Å². The molecule has 0 spiro atoms. The standard InChI is InChI=1S/C22H28N2O4S/c1-16-5-7-19(18(3)13-16)15-23(4)22(25)21-14-20(8-6-17(21)2)29(26,27)24-9-11-28-12-10-24/h5-8,13-14H,9-12,15H2,1-4H3. The Hall–Kier alpha value is -2.22. The molecule has 1 fully saturated rings. The zero-order valence-corrected chi connectivity index (χ0v) is 18.3. The van der Waals surface area contributed by atoms with Crippen LogP contribution in [0.15, 0.2) is 41.3 Å². The molecule has 6 nitrogen and oxygen atoms in total. The average molecular weight is 417 g/mol. The van der Waals surface area contributed by atoms with E-state index >= 15 is 0 Å². The van der Waals surface area contributed by atoms with E-state index in [1.807, 2.05) is 32.9 Å². The van der Waals surface area contributed by atoms with Gasteiger partial charge in [-0.1, -0.05) is 29.8 Å². The summed E-state index contributed by atoms with van der Waals surface area (Å²) in [5, 5.41) is 0. The highest BCUT2D eigenvalue weighted by Crippen LogP contribution is 2.22. The Labute approximate surface area is 173 Å². The monoisotopic (exact) mass is 416 g/mol. The number of aryl methyl sites for hydroxylation is 3. The number of nitrogens with zero attached hydrogens (tertiary/aromatic N) is 2. The molecular weight excluding hydrogens is 388 g/mol. The summed E-state index contributed by atoms with van der Waals surface area (Å²) in [6.45, 7) is 7.77. The molecule has 0 radical (unpaired) electrons. The summed E-state index contributed by atoms with van der Waals surface area (Å²) in [5.41, 5.74) is 4.54. The summed E-state index contributed by atoms with van der Waals surface area (Å²) >= 11 is 0. The van der Waals surface area contributed by atoms with Crippen molar-refractivity contribution in [3.8, 4) is 0 Å². The van der Waals surface area contributed by atoms with Crippen molar-refractivity contribution >= 4 is 15.9 Å². The highest BCUT2D eigenvalue weighted by Gasteiger charge is 2.28. The van der Waals surface area contributed by atoms with Gasteiger partial charge in [0.05, 0.1) is 18.1 Å². The number of hydrogen-bond donors (Lipinski definition) is 0. The first kappa shape index (κ1) is 21.5. The first-order chi connectivity index (χ1) is 13.7. The third kappa shape index (κ3) is 4.69. The van der Waals surface area contributed by atoms with Crippen LogP contribution in [0.2, 0.25) is 0 Å². The molecule has 2 aromatic carbocycles. The molecule has 1 aliphatic rings. The smallest absolute Gasteiger partial charge is 0.254 e. The first-order valence-corrected chi connectivity index (χ1v) is 11.1. The van der Waals surface area contributed by atoms with Gasteiger partial charge in [0, 0.05) is 32.2 Å². The van der Waals surface area contributed by atoms with Crippen molar-refractivity contribution in [1.82, 2.24) is 9.21 Å². The van der Waals surface area contributed by atoms with Gasteiger partial charge in [-0.15, -0.1) is 0 Å². The number of amides is 1. The molecule has 7 heteroatoms. The molecular formula is C22H28N2O4S. The number of carbonyl (C=O) groups excluding carboxylic acids is 1. The zero-order chi connectivity index (χ0) is 21.2. The number of sulfonamides is 1. The summed E-state index contributed by atoms with van der Waals surface area (Å²) in [7, 11) is -1.91. The van der Waals surface area contributed by atoms with Crippen LogP contribution in [-0.2, 0) is 21.3 Å². The van der Waals surface area contributed by atoms with Gasteiger partial charge >= 0.3 is 0 Å². The molecule has 3 rings (SSSR count). The third-order valence-corrected chi connectivity index (χ3v) is 7.19. The minimum atomic E-state index is -3.65. The Kier molecular flexibility index (Phi) is 6.41. The highest BCUT2D eigenvalue weighted by molar-refractivity contribution is 7.89. The quantitative estimate of drug-likeness (QED) is 0.752. The van der Waals surface area contributed by atoms with Crippen molar-refractivity contribution in [3.63, 3.8) is 0 Å². The van der Waals surface area contributed by atoms with Gasteiger partial charge in [-0.05, 0) is 49.6 Å². The largest absolute Gasteiger partial charge is 0.379 e. The molecule has 1 saturated heterocycles. The van der Waals surface area contributed by atoms with Gasteiger partial charge in [0.15, 0.2) is 0 Å². The minimum Gasteiger partial charge on any atom is -0.379 e. The van der Waals surface area contributed by atoms with Crippen LogP contribution in [0.25, 0.3) is 0 Å². The van der Waals surface area contributed by atoms with Gasteiger partial charge in [-0.2, -0.15) is 4.31 Å². The maximum absolute atomic E-state index is 13.1. The summed E-state index contributed by atoms with van der Waals surface area (Å²) < 4.78 is 32.6. The Balaban J connectivity index is 1.85. The lowest BCUT2D eigenvalue weighted by Crippen LogP contribution is -2.40. The fourth-order valence-electron chi connectivity index (χ4n) is 3.48. The lowest BCUT2D eigenvalue weighted by molar-refractivity contribution is 0.0730. The number of hydrogen-bond acceptors (Lipinski definition) is 4. The second kappa shape index (κ2) is 8.65. The summed E-state index contributed by atoms with van der Waals surface area (Å²) in [6.07, 6.45) is 0. The van der Waals surface area contributed by atoms with E-state index in [0.29, 0.717) is 38.4 Å². The van der Waals surface area contributed by atoms with Gasteiger partial charge in [0.25, 0.3) is 5.91 Å². The Bertz CT molecular complexity index is 1010. The second-order valence-corrected chi connectivity index (χ2v) is 9.52. The molecule has 0 atom stereocenters. The fourth-order valence-corrected chi connectivity index (χ4v) is 4.92. The maximum Gasteiger partial charge on any atom is 0.254 e. The van der Waals surface area contributed by atoms with Crippen LogP contribution in [0.3, 0.4) is 0 Å². The summed E-state index contributed by atoms with van der Waals surface area (Å²) in [5.74, 6) is -0.193. The van der Waals surface area contributed by atoms with Crippen LogP contribution < -0.4 is 0 Å². The molecule has 29 heavy (non-hydrogen) atoms. The van der Waals surface area contributed by atoms with Gasteiger partial charge < -0.3 is 9.64 Å². The molecule has 1 heterocycles. The van der Waals surface area contributed by atoms with Crippen molar-refractivity contribution in [2.75, 3.05) is 33.4 Å². The van der Waals surface area contributed by atoms with Crippen molar-refractivity contribution in [3.05, 3.63) is 64.2 Å².